The zero-order chi connectivity index (χ0) is 20.3. The van der Waals surface area contributed by atoms with Crippen LogP contribution in [0, 0.1) is 0 Å². The van der Waals surface area contributed by atoms with E-state index >= 15 is 0 Å². The summed E-state index contributed by atoms with van der Waals surface area (Å²) in [6.07, 6.45) is -3.25. The topological polar surface area (TPSA) is 62.3 Å². The van der Waals surface area contributed by atoms with Gasteiger partial charge in [0.25, 0.3) is 0 Å². The number of methoxy groups -OCH3 is 2. The fourth-order valence-corrected chi connectivity index (χ4v) is 3.20. The first kappa shape index (κ1) is 20.0. The van der Waals surface area contributed by atoms with Crippen LogP contribution in [0.1, 0.15) is 17.0 Å². The van der Waals surface area contributed by atoms with Crippen LogP contribution in [0.15, 0.2) is 36.4 Å². The van der Waals surface area contributed by atoms with Crippen LogP contribution in [0.3, 0.4) is 0 Å². The Morgan fingerprint density at radius 2 is 1.75 bits per heavy atom. The van der Waals surface area contributed by atoms with Gasteiger partial charge in [-0.1, -0.05) is 6.07 Å². The summed E-state index contributed by atoms with van der Waals surface area (Å²) >= 11 is 0. The molecular formula is C20H22F3N3O2. The molecule has 0 aliphatic heterocycles. The summed E-state index contributed by atoms with van der Waals surface area (Å²) in [6.45, 7) is 0.929. The molecule has 28 heavy (non-hydrogen) atoms. The maximum absolute atomic E-state index is 13.0. The maximum atomic E-state index is 13.0. The van der Waals surface area contributed by atoms with Gasteiger partial charge < -0.3 is 19.8 Å². The van der Waals surface area contributed by atoms with Gasteiger partial charge in [0.05, 0.1) is 30.8 Å². The average molecular weight is 393 g/mol. The lowest BCUT2D eigenvalue weighted by Crippen LogP contribution is -2.11. The zero-order valence-corrected chi connectivity index (χ0v) is 15.7. The number of imidazole rings is 1. The molecule has 8 heteroatoms. The molecular weight excluding hydrogens is 371 g/mol. The van der Waals surface area contributed by atoms with Gasteiger partial charge in [-0.25, -0.2) is 4.98 Å². The number of aryl methyl sites for hydroxylation is 2. The molecule has 0 bridgehead atoms. The number of aromatic nitrogens is 2. The maximum Gasteiger partial charge on any atom is 0.416 e. The fraction of sp³-hybridized carbons (Fsp3) is 0.350. The Bertz CT molecular complexity index is 967. The molecule has 3 rings (SSSR count). The summed E-state index contributed by atoms with van der Waals surface area (Å²) in [4.78, 5) is 4.39. The SMILES string of the molecule is COc1ccc(CCn2c(CCN)nc3cc(C(F)(F)F)ccc32)cc1OC. The van der Waals surface area contributed by atoms with Gasteiger partial charge >= 0.3 is 6.18 Å². The number of hydrogen-bond donors (Lipinski definition) is 1. The average Bonchev–Trinajstić information content (AvgIpc) is 3.02. The Hall–Kier alpha value is -2.74. The second kappa shape index (κ2) is 8.10. The Morgan fingerprint density at radius 1 is 1.00 bits per heavy atom. The number of nitrogens with zero attached hydrogens (tertiary/aromatic N) is 2. The second-order valence-electron chi connectivity index (χ2n) is 6.36. The van der Waals surface area contributed by atoms with E-state index < -0.39 is 11.7 Å². The lowest BCUT2D eigenvalue weighted by atomic mass is 10.1. The van der Waals surface area contributed by atoms with Gasteiger partial charge in [-0.15, -0.1) is 0 Å². The number of hydrogen-bond acceptors (Lipinski definition) is 4. The first-order valence-electron chi connectivity index (χ1n) is 8.84. The molecule has 3 aromatic rings. The number of nitrogens with two attached hydrogens (primary N) is 1. The summed E-state index contributed by atoms with van der Waals surface area (Å²) in [6, 6.07) is 9.30. The number of alkyl halides is 3. The van der Waals surface area contributed by atoms with E-state index in [0.29, 0.717) is 54.3 Å². The van der Waals surface area contributed by atoms with Gasteiger partial charge in [0.15, 0.2) is 11.5 Å². The van der Waals surface area contributed by atoms with Gasteiger partial charge in [-0.2, -0.15) is 13.2 Å². The molecule has 0 saturated carbocycles. The third-order valence-electron chi connectivity index (χ3n) is 4.59. The second-order valence-corrected chi connectivity index (χ2v) is 6.36. The molecule has 0 aliphatic carbocycles. The van der Waals surface area contributed by atoms with E-state index in [2.05, 4.69) is 4.98 Å². The minimum Gasteiger partial charge on any atom is -0.493 e. The molecule has 0 saturated heterocycles. The van der Waals surface area contributed by atoms with Crippen LogP contribution in [0.2, 0.25) is 0 Å². The molecule has 0 radical (unpaired) electrons. The fourth-order valence-electron chi connectivity index (χ4n) is 3.20. The van der Waals surface area contributed by atoms with E-state index in [9.17, 15) is 13.2 Å². The Morgan fingerprint density at radius 3 is 2.39 bits per heavy atom. The summed E-state index contributed by atoms with van der Waals surface area (Å²) < 4.78 is 51.5. The minimum atomic E-state index is -4.40. The van der Waals surface area contributed by atoms with Crippen molar-refractivity contribution in [3.05, 3.63) is 53.3 Å². The lowest BCUT2D eigenvalue weighted by molar-refractivity contribution is -0.137. The lowest BCUT2D eigenvalue weighted by Gasteiger charge is -2.12. The predicted molar refractivity (Wildman–Crippen MR) is 101 cm³/mol. The summed E-state index contributed by atoms with van der Waals surface area (Å²) in [5.74, 6) is 1.95. The molecule has 2 aromatic carbocycles. The molecule has 0 unspecified atom stereocenters. The normalized spacial score (nSPS) is 11.8. The minimum absolute atomic E-state index is 0.325. The molecule has 0 aliphatic rings. The van der Waals surface area contributed by atoms with E-state index in [1.54, 1.807) is 14.2 Å². The van der Waals surface area contributed by atoms with E-state index in [0.717, 1.165) is 17.7 Å². The van der Waals surface area contributed by atoms with Gasteiger partial charge in [0, 0.05) is 13.0 Å². The standard InChI is InChI=1S/C20H22F3N3O2/c1-27-17-6-3-13(11-18(17)28-2)8-10-26-16-5-4-14(20(21,22)23)12-15(16)25-19(26)7-9-24/h3-6,11-12H,7-10,24H2,1-2H3. The van der Waals surface area contributed by atoms with Crippen LogP contribution in [0.4, 0.5) is 13.2 Å². The predicted octanol–water partition coefficient (Wildman–Crippen LogP) is 3.82. The van der Waals surface area contributed by atoms with E-state index in [4.69, 9.17) is 15.2 Å². The van der Waals surface area contributed by atoms with Crippen molar-refractivity contribution in [1.29, 1.82) is 0 Å². The van der Waals surface area contributed by atoms with Crippen LogP contribution >= 0.6 is 0 Å². The van der Waals surface area contributed by atoms with Gasteiger partial charge in [0.2, 0.25) is 0 Å². The number of ether oxygens (including phenoxy) is 2. The van der Waals surface area contributed by atoms with E-state index in [1.807, 2.05) is 22.8 Å². The summed E-state index contributed by atoms with van der Waals surface area (Å²) in [7, 11) is 3.14. The first-order valence-corrected chi connectivity index (χ1v) is 8.84. The van der Waals surface area contributed by atoms with Gasteiger partial charge in [-0.05, 0) is 48.9 Å². The van der Waals surface area contributed by atoms with E-state index in [-0.39, 0.29) is 0 Å². The summed E-state index contributed by atoms with van der Waals surface area (Å²) in [5.41, 5.74) is 6.97. The van der Waals surface area contributed by atoms with Crippen molar-refractivity contribution >= 4 is 11.0 Å². The largest absolute Gasteiger partial charge is 0.493 e. The highest BCUT2D eigenvalue weighted by Gasteiger charge is 2.31. The van der Waals surface area contributed by atoms with Crippen LogP contribution in [-0.2, 0) is 25.6 Å². The van der Waals surface area contributed by atoms with Crippen molar-refractivity contribution in [2.75, 3.05) is 20.8 Å². The van der Waals surface area contributed by atoms with Crippen LogP contribution < -0.4 is 15.2 Å². The monoisotopic (exact) mass is 393 g/mol. The van der Waals surface area contributed by atoms with Crippen LogP contribution in [-0.4, -0.2) is 30.3 Å². The molecule has 2 N–H and O–H groups in total. The molecule has 150 valence electrons. The van der Waals surface area contributed by atoms with Crippen LogP contribution in [0.25, 0.3) is 11.0 Å². The third-order valence-corrected chi connectivity index (χ3v) is 4.59. The molecule has 0 fully saturated rings. The highest BCUT2D eigenvalue weighted by molar-refractivity contribution is 5.77. The smallest absolute Gasteiger partial charge is 0.416 e. The number of benzene rings is 2. The highest BCUT2D eigenvalue weighted by Crippen LogP contribution is 2.32. The Labute approximate surface area is 160 Å². The van der Waals surface area contributed by atoms with E-state index in [1.165, 1.54) is 6.07 Å². The molecule has 0 atom stereocenters. The molecule has 0 amide bonds. The van der Waals surface area contributed by atoms with Gasteiger partial charge in [-0.3, -0.25) is 0 Å². The van der Waals surface area contributed by atoms with Crippen molar-refractivity contribution in [3.63, 3.8) is 0 Å². The van der Waals surface area contributed by atoms with Gasteiger partial charge in [0.1, 0.15) is 5.82 Å². The summed E-state index contributed by atoms with van der Waals surface area (Å²) in [5, 5.41) is 0. The van der Waals surface area contributed by atoms with Crippen molar-refractivity contribution in [2.45, 2.75) is 25.6 Å². The number of rotatable bonds is 7. The number of halogens is 3. The Balaban J connectivity index is 1.92. The Kier molecular flexibility index (Phi) is 5.79. The van der Waals surface area contributed by atoms with Crippen LogP contribution in [0.5, 0.6) is 11.5 Å². The molecule has 0 spiro atoms. The van der Waals surface area contributed by atoms with Crippen molar-refractivity contribution < 1.29 is 22.6 Å². The zero-order valence-electron chi connectivity index (χ0n) is 15.7. The molecule has 5 nitrogen and oxygen atoms in total. The first-order chi connectivity index (χ1) is 13.4. The van der Waals surface area contributed by atoms with Crippen molar-refractivity contribution in [3.8, 4) is 11.5 Å². The molecule has 1 heterocycles. The van der Waals surface area contributed by atoms with Crippen molar-refractivity contribution in [2.24, 2.45) is 5.73 Å². The van der Waals surface area contributed by atoms with Crippen molar-refractivity contribution in [1.82, 2.24) is 9.55 Å². The quantitative estimate of drug-likeness (QED) is 0.663. The molecule has 1 aromatic heterocycles. The number of fused-ring (bicyclic) bond motifs is 1. The highest BCUT2D eigenvalue weighted by atomic mass is 19.4. The third kappa shape index (κ3) is 4.06.